The van der Waals surface area contributed by atoms with Gasteiger partial charge in [-0.1, -0.05) is 23.4 Å². The molecule has 13 heteroatoms. The smallest absolute Gasteiger partial charge is 0.339 e. The van der Waals surface area contributed by atoms with Crippen molar-refractivity contribution in [3.8, 4) is 0 Å². The first-order chi connectivity index (χ1) is 14.5. The molecule has 3 rings (SSSR count). The summed E-state index contributed by atoms with van der Waals surface area (Å²) >= 11 is 0. The zero-order valence-corrected chi connectivity index (χ0v) is 16.6. The van der Waals surface area contributed by atoms with E-state index in [4.69, 9.17) is 10.5 Å². The van der Waals surface area contributed by atoms with E-state index in [-0.39, 0.29) is 34.4 Å². The van der Waals surface area contributed by atoms with Gasteiger partial charge in [0.2, 0.25) is 10.0 Å². The van der Waals surface area contributed by atoms with Gasteiger partial charge in [-0.15, -0.1) is 0 Å². The lowest BCUT2D eigenvalue weighted by Gasteiger charge is -2.10. The van der Waals surface area contributed by atoms with Crippen LogP contribution in [0.4, 0.5) is 18.9 Å². The van der Waals surface area contributed by atoms with Gasteiger partial charge < -0.3 is 10.6 Å². The Balaban J connectivity index is 1.61. The number of anilines is 1. The van der Waals surface area contributed by atoms with Crippen molar-refractivity contribution in [2.75, 3.05) is 5.32 Å². The lowest BCUT2D eigenvalue weighted by molar-refractivity contribution is -0.137. The van der Waals surface area contributed by atoms with Gasteiger partial charge in [0.05, 0.1) is 10.5 Å². The summed E-state index contributed by atoms with van der Waals surface area (Å²) in [7, 11) is -3.77. The molecule has 0 saturated heterocycles. The highest BCUT2D eigenvalue weighted by molar-refractivity contribution is 7.89. The lowest BCUT2D eigenvalue weighted by atomic mass is 10.2. The van der Waals surface area contributed by atoms with E-state index in [2.05, 4.69) is 25.6 Å². The van der Waals surface area contributed by atoms with Crippen LogP contribution >= 0.6 is 0 Å². The van der Waals surface area contributed by atoms with Gasteiger partial charge in [-0.05, 0) is 41.1 Å². The van der Waals surface area contributed by atoms with Crippen molar-refractivity contribution >= 4 is 21.5 Å². The van der Waals surface area contributed by atoms with E-state index in [0.717, 1.165) is 17.7 Å². The minimum Gasteiger partial charge on any atom is -0.339 e. The van der Waals surface area contributed by atoms with Crippen LogP contribution in [0.15, 0.2) is 58.1 Å². The van der Waals surface area contributed by atoms with Gasteiger partial charge in [-0.3, -0.25) is 5.41 Å². The van der Waals surface area contributed by atoms with Crippen molar-refractivity contribution < 1.29 is 26.2 Å². The summed E-state index contributed by atoms with van der Waals surface area (Å²) in [6.07, 6.45) is -4.50. The molecule has 5 N–H and O–H groups in total. The predicted molar refractivity (Wildman–Crippen MR) is 105 cm³/mol. The topological polar surface area (TPSA) is 147 Å². The Morgan fingerprint density at radius 3 is 2.45 bits per heavy atom. The van der Waals surface area contributed by atoms with Gasteiger partial charge >= 0.3 is 6.18 Å². The predicted octanol–water partition coefficient (Wildman–Crippen LogP) is 2.46. The minimum atomic E-state index is -4.50. The van der Waals surface area contributed by atoms with Crippen molar-refractivity contribution in [2.24, 2.45) is 5.14 Å². The molecule has 9 nitrogen and oxygen atoms in total. The van der Waals surface area contributed by atoms with Crippen LogP contribution in [0.3, 0.4) is 0 Å². The third-order valence-corrected chi connectivity index (χ3v) is 5.06. The first kappa shape index (κ1) is 22.4. The molecule has 1 heterocycles. The maximum absolute atomic E-state index is 12.8. The number of nitrogens with zero attached hydrogens (tertiary/aromatic N) is 2. The fraction of sp³-hybridized carbons (Fsp3) is 0.167. The zero-order chi connectivity index (χ0) is 22.6. The molecule has 0 fully saturated rings. The maximum Gasteiger partial charge on any atom is 0.416 e. The quantitative estimate of drug-likeness (QED) is 0.317. The molecular formula is C18H17F3N6O3S. The highest BCUT2D eigenvalue weighted by Gasteiger charge is 2.30. The van der Waals surface area contributed by atoms with Crippen molar-refractivity contribution in [1.29, 1.82) is 5.41 Å². The molecule has 0 atom stereocenters. The molecule has 0 unspecified atom stereocenters. The number of benzene rings is 2. The van der Waals surface area contributed by atoms with Crippen LogP contribution in [0.2, 0.25) is 0 Å². The molecule has 3 aromatic rings. The number of aromatic nitrogens is 2. The maximum atomic E-state index is 12.8. The van der Waals surface area contributed by atoms with Gasteiger partial charge in [0.15, 0.2) is 11.5 Å². The summed E-state index contributed by atoms with van der Waals surface area (Å²) in [5, 5.41) is 26.1. The summed E-state index contributed by atoms with van der Waals surface area (Å²) in [5.41, 5.74) is 0.290. The monoisotopic (exact) mass is 454 g/mol. The molecule has 0 spiro atoms. The van der Waals surface area contributed by atoms with Gasteiger partial charge in [0.25, 0.3) is 0 Å². The largest absolute Gasteiger partial charge is 0.416 e. The van der Waals surface area contributed by atoms with Crippen LogP contribution in [-0.4, -0.2) is 24.6 Å². The number of nitrogens with two attached hydrogens (primary N) is 1. The van der Waals surface area contributed by atoms with Gasteiger partial charge in [-0.25, -0.2) is 18.2 Å². The summed E-state index contributed by atoms with van der Waals surface area (Å²) in [6, 6.07) is 10.4. The van der Waals surface area contributed by atoms with E-state index in [1.54, 1.807) is 12.1 Å². The van der Waals surface area contributed by atoms with Crippen LogP contribution in [0, 0.1) is 5.41 Å². The van der Waals surface area contributed by atoms with Gasteiger partial charge in [0.1, 0.15) is 5.69 Å². The van der Waals surface area contributed by atoms with Crippen LogP contribution in [-0.2, 0) is 29.3 Å². The van der Waals surface area contributed by atoms with Crippen LogP contribution in [0.25, 0.3) is 0 Å². The highest BCUT2D eigenvalue weighted by atomic mass is 32.2. The average Bonchev–Trinajstić information content (AvgIpc) is 3.16. The number of alkyl halides is 3. The second-order valence-electron chi connectivity index (χ2n) is 6.43. The van der Waals surface area contributed by atoms with Crippen LogP contribution in [0.5, 0.6) is 0 Å². The number of nitrogens with one attached hydrogen (secondary N) is 3. The Bertz CT molecular complexity index is 1180. The third-order valence-electron chi connectivity index (χ3n) is 4.13. The second kappa shape index (κ2) is 8.83. The fourth-order valence-corrected chi connectivity index (χ4v) is 3.13. The highest BCUT2D eigenvalue weighted by Crippen LogP contribution is 2.30. The van der Waals surface area contributed by atoms with Crippen molar-refractivity contribution in [3.05, 3.63) is 71.0 Å². The number of hydrogen-bond acceptors (Lipinski definition) is 7. The van der Waals surface area contributed by atoms with E-state index in [1.807, 2.05) is 0 Å². The van der Waals surface area contributed by atoms with E-state index in [1.165, 1.54) is 24.3 Å². The molecule has 0 radical (unpaired) electrons. The molecule has 0 saturated carbocycles. The SMILES string of the molecule is N=C(Nc1cccc(C(F)(F)F)c1)c1nonc1CNCc1ccc(S(N)(=O)=O)cc1. The fourth-order valence-electron chi connectivity index (χ4n) is 2.61. The molecule has 164 valence electrons. The van der Waals surface area contributed by atoms with E-state index < -0.39 is 21.8 Å². The molecule has 1 aromatic heterocycles. The summed E-state index contributed by atoms with van der Waals surface area (Å²) < 4.78 is 65.7. The van der Waals surface area contributed by atoms with E-state index in [9.17, 15) is 21.6 Å². The Labute approximate surface area is 175 Å². The lowest BCUT2D eigenvalue weighted by Crippen LogP contribution is -2.19. The van der Waals surface area contributed by atoms with Crippen LogP contribution in [0.1, 0.15) is 22.5 Å². The molecule has 0 aliphatic carbocycles. The van der Waals surface area contributed by atoms with Crippen LogP contribution < -0.4 is 15.8 Å². The summed E-state index contributed by atoms with van der Waals surface area (Å²) in [4.78, 5) is -0.00616. The minimum absolute atomic E-state index is 0.00616. The Morgan fingerprint density at radius 1 is 1.10 bits per heavy atom. The Hall–Kier alpha value is -3.29. The molecule has 0 bridgehead atoms. The van der Waals surface area contributed by atoms with Crippen molar-refractivity contribution in [2.45, 2.75) is 24.2 Å². The second-order valence-corrected chi connectivity index (χ2v) is 7.99. The average molecular weight is 454 g/mol. The van der Waals surface area contributed by atoms with Gasteiger partial charge in [-0.2, -0.15) is 13.2 Å². The first-order valence-electron chi connectivity index (χ1n) is 8.71. The Morgan fingerprint density at radius 2 is 1.81 bits per heavy atom. The van der Waals surface area contributed by atoms with Crippen molar-refractivity contribution in [1.82, 2.24) is 15.6 Å². The van der Waals surface area contributed by atoms with E-state index >= 15 is 0 Å². The zero-order valence-electron chi connectivity index (χ0n) is 15.8. The number of primary sulfonamides is 1. The number of halogens is 3. The van der Waals surface area contributed by atoms with Crippen molar-refractivity contribution in [3.63, 3.8) is 0 Å². The summed E-state index contributed by atoms with van der Waals surface area (Å²) in [5.74, 6) is -0.283. The van der Waals surface area contributed by atoms with E-state index in [0.29, 0.717) is 6.54 Å². The number of rotatable bonds is 7. The third kappa shape index (κ3) is 5.87. The molecule has 0 amide bonds. The number of hydrogen-bond donors (Lipinski definition) is 4. The molecule has 0 aliphatic rings. The summed E-state index contributed by atoms with van der Waals surface area (Å²) in [6.45, 7) is 0.480. The Kier molecular flexibility index (Phi) is 6.38. The standard InChI is InChI=1S/C18H17F3N6O3S/c19-18(20,21)12-2-1-3-13(8-12)25-17(22)16-15(26-30-27-16)10-24-9-11-4-6-14(7-5-11)31(23,28)29/h1-8,24H,9-10H2,(H2,22,25)(H2,23,28,29). The molecule has 2 aromatic carbocycles. The molecular weight excluding hydrogens is 437 g/mol. The molecule has 0 aliphatic heterocycles. The normalized spacial score (nSPS) is 12.0. The number of sulfonamides is 1. The number of amidine groups is 1. The van der Waals surface area contributed by atoms with Gasteiger partial charge in [0, 0.05) is 18.8 Å². The molecule has 31 heavy (non-hydrogen) atoms. The first-order valence-corrected chi connectivity index (χ1v) is 10.3.